The molecule has 0 spiro atoms. The Labute approximate surface area is 102 Å². The average molecular weight is 260 g/mol. The predicted molar refractivity (Wildman–Crippen MR) is 65.4 cm³/mol. The molecule has 0 radical (unpaired) electrons. The Morgan fingerprint density at radius 2 is 2.12 bits per heavy atom. The van der Waals surface area contributed by atoms with Gasteiger partial charge in [-0.05, 0) is 32.2 Å². The van der Waals surface area contributed by atoms with Crippen LogP contribution in [0.1, 0.15) is 25.7 Å². The van der Waals surface area contributed by atoms with E-state index >= 15 is 0 Å². The highest BCUT2D eigenvalue weighted by Crippen LogP contribution is 2.19. The van der Waals surface area contributed by atoms with Crippen LogP contribution in [0.2, 0.25) is 0 Å². The highest BCUT2D eigenvalue weighted by molar-refractivity contribution is 7.92. The third-order valence-electron chi connectivity index (χ3n) is 3.63. The number of amides is 1. The van der Waals surface area contributed by atoms with Gasteiger partial charge in [-0.2, -0.15) is 0 Å². The van der Waals surface area contributed by atoms with Gasteiger partial charge in [-0.15, -0.1) is 0 Å². The fourth-order valence-corrected chi connectivity index (χ4v) is 4.29. The van der Waals surface area contributed by atoms with E-state index in [1.165, 1.54) is 0 Å². The van der Waals surface area contributed by atoms with Crippen molar-refractivity contribution in [1.29, 1.82) is 0 Å². The van der Waals surface area contributed by atoms with Gasteiger partial charge in [-0.3, -0.25) is 4.79 Å². The molecule has 98 valence electrons. The number of nitrogens with one attached hydrogen (secondary N) is 2. The minimum atomic E-state index is -2.94. The SMILES string of the molecule is O=C(NCC1CCCS1(=O)=O)C1CCCNC1. The Morgan fingerprint density at radius 3 is 2.71 bits per heavy atom. The quantitative estimate of drug-likeness (QED) is 0.729. The number of hydrogen-bond acceptors (Lipinski definition) is 4. The molecule has 2 atom stereocenters. The predicted octanol–water partition coefficient (Wildman–Crippen LogP) is -0.321. The van der Waals surface area contributed by atoms with Crippen molar-refractivity contribution >= 4 is 15.7 Å². The van der Waals surface area contributed by atoms with Crippen LogP contribution in [-0.2, 0) is 14.6 Å². The molecule has 2 aliphatic rings. The van der Waals surface area contributed by atoms with Crippen molar-refractivity contribution in [3.63, 3.8) is 0 Å². The zero-order valence-corrected chi connectivity index (χ0v) is 10.8. The fraction of sp³-hybridized carbons (Fsp3) is 0.909. The van der Waals surface area contributed by atoms with Gasteiger partial charge in [-0.25, -0.2) is 8.42 Å². The van der Waals surface area contributed by atoms with Crippen molar-refractivity contribution in [2.24, 2.45) is 5.92 Å². The minimum absolute atomic E-state index is 0.000648. The Morgan fingerprint density at radius 1 is 1.29 bits per heavy atom. The standard InChI is InChI=1S/C11H20N2O3S/c14-11(9-3-1-5-12-7-9)13-8-10-4-2-6-17(10,15)16/h9-10,12H,1-8H2,(H,13,14). The van der Waals surface area contributed by atoms with Gasteiger partial charge in [0.2, 0.25) is 5.91 Å². The zero-order valence-electron chi connectivity index (χ0n) is 9.94. The fourth-order valence-electron chi connectivity index (χ4n) is 2.52. The summed E-state index contributed by atoms with van der Waals surface area (Å²) in [5, 5.41) is 5.61. The number of sulfone groups is 1. The third kappa shape index (κ3) is 3.19. The molecular weight excluding hydrogens is 240 g/mol. The van der Waals surface area contributed by atoms with Crippen LogP contribution in [0.3, 0.4) is 0 Å². The molecule has 1 amide bonds. The molecular formula is C11H20N2O3S. The average Bonchev–Trinajstić information content (AvgIpc) is 2.66. The molecule has 5 nitrogen and oxygen atoms in total. The molecule has 2 heterocycles. The van der Waals surface area contributed by atoms with Gasteiger partial charge in [0, 0.05) is 13.1 Å². The first-order chi connectivity index (χ1) is 8.09. The third-order valence-corrected chi connectivity index (χ3v) is 5.91. The highest BCUT2D eigenvalue weighted by Gasteiger charge is 2.32. The molecule has 2 rings (SSSR count). The van der Waals surface area contributed by atoms with E-state index in [-0.39, 0.29) is 29.4 Å². The Bertz CT molecular complexity index is 374. The molecule has 2 N–H and O–H groups in total. The first-order valence-electron chi connectivity index (χ1n) is 6.29. The molecule has 17 heavy (non-hydrogen) atoms. The maximum atomic E-state index is 11.8. The first-order valence-corrected chi connectivity index (χ1v) is 8.01. The summed E-state index contributed by atoms with van der Waals surface area (Å²) >= 11 is 0. The zero-order chi connectivity index (χ0) is 12.3. The Kier molecular flexibility index (Phi) is 4.04. The smallest absolute Gasteiger partial charge is 0.224 e. The van der Waals surface area contributed by atoms with Crippen LogP contribution in [0.5, 0.6) is 0 Å². The summed E-state index contributed by atoms with van der Waals surface area (Å²) in [5.41, 5.74) is 0. The van der Waals surface area contributed by atoms with Crippen molar-refractivity contribution < 1.29 is 13.2 Å². The van der Waals surface area contributed by atoms with Crippen molar-refractivity contribution in [2.45, 2.75) is 30.9 Å². The molecule has 0 aromatic carbocycles. The Hall–Kier alpha value is -0.620. The van der Waals surface area contributed by atoms with E-state index in [2.05, 4.69) is 10.6 Å². The second kappa shape index (κ2) is 5.35. The molecule has 0 aromatic heterocycles. The van der Waals surface area contributed by atoms with Crippen LogP contribution in [0.15, 0.2) is 0 Å². The minimum Gasteiger partial charge on any atom is -0.355 e. The van der Waals surface area contributed by atoms with E-state index in [4.69, 9.17) is 0 Å². The monoisotopic (exact) mass is 260 g/mol. The summed E-state index contributed by atoms with van der Waals surface area (Å²) in [6.07, 6.45) is 3.33. The van der Waals surface area contributed by atoms with Gasteiger partial charge >= 0.3 is 0 Å². The van der Waals surface area contributed by atoms with Crippen LogP contribution in [0.4, 0.5) is 0 Å². The van der Waals surface area contributed by atoms with Crippen molar-refractivity contribution in [3.05, 3.63) is 0 Å². The van der Waals surface area contributed by atoms with Crippen LogP contribution < -0.4 is 10.6 Å². The second-order valence-electron chi connectivity index (χ2n) is 4.92. The van der Waals surface area contributed by atoms with Gasteiger partial charge in [-0.1, -0.05) is 0 Å². The lowest BCUT2D eigenvalue weighted by Gasteiger charge is -2.22. The number of hydrogen-bond donors (Lipinski definition) is 2. The van der Waals surface area contributed by atoms with Crippen LogP contribution in [0.25, 0.3) is 0 Å². The van der Waals surface area contributed by atoms with Crippen molar-refractivity contribution in [3.8, 4) is 0 Å². The van der Waals surface area contributed by atoms with E-state index in [0.717, 1.165) is 25.8 Å². The summed E-state index contributed by atoms with van der Waals surface area (Å²) in [5.74, 6) is 0.283. The lowest BCUT2D eigenvalue weighted by atomic mass is 9.99. The van der Waals surface area contributed by atoms with Crippen LogP contribution >= 0.6 is 0 Å². The van der Waals surface area contributed by atoms with Gasteiger partial charge in [0.15, 0.2) is 9.84 Å². The van der Waals surface area contributed by atoms with Gasteiger partial charge in [0.1, 0.15) is 0 Å². The van der Waals surface area contributed by atoms with Crippen molar-refractivity contribution in [2.75, 3.05) is 25.4 Å². The molecule has 0 aliphatic carbocycles. The van der Waals surface area contributed by atoms with Crippen LogP contribution in [0, 0.1) is 5.92 Å². The molecule has 0 saturated carbocycles. The van der Waals surface area contributed by atoms with Gasteiger partial charge in [0.25, 0.3) is 0 Å². The molecule has 2 saturated heterocycles. The lowest BCUT2D eigenvalue weighted by molar-refractivity contribution is -0.125. The first kappa shape index (κ1) is 12.8. The maximum absolute atomic E-state index is 11.8. The Balaban J connectivity index is 1.79. The number of rotatable bonds is 3. The summed E-state index contributed by atoms with van der Waals surface area (Å²) < 4.78 is 23.2. The van der Waals surface area contributed by atoms with Crippen molar-refractivity contribution in [1.82, 2.24) is 10.6 Å². The van der Waals surface area contributed by atoms with E-state index < -0.39 is 9.84 Å². The summed E-state index contributed by atoms with van der Waals surface area (Å²) in [6.45, 7) is 1.97. The van der Waals surface area contributed by atoms with E-state index in [9.17, 15) is 13.2 Å². The maximum Gasteiger partial charge on any atom is 0.224 e. The second-order valence-corrected chi connectivity index (χ2v) is 7.32. The number of carbonyl (C=O) groups is 1. The lowest BCUT2D eigenvalue weighted by Crippen LogP contribution is -2.43. The van der Waals surface area contributed by atoms with Gasteiger partial charge in [0.05, 0.1) is 16.9 Å². The van der Waals surface area contributed by atoms with E-state index in [1.807, 2.05) is 0 Å². The summed E-state index contributed by atoms with van der Waals surface area (Å²) in [6, 6.07) is 0. The highest BCUT2D eigenvalue weighted by atomic mass is 32.2. The summed E-state index contributed by atoms with van der Waals surface area (Å²) in [7, 11) is -2.94. The molecule has 6 heteroatoms. The van der Waals surface area contributed by atoms with E-state index in [1.54, 1.807) is 0 Å². The van der Waals surface area contributed by atoms with Crippen LogP contribution in [-0.4, -0.2) is 45.0 Å². The molecule has 2 unspecified atom stereocenters. The topological polar surface area (TPSA) is 75.3 Å². The molecule has 2 aliphatic heterocycles. The normalized spacial score (nSPS) is 32.2. The molecule has 0 bridgehead atoms. The van der Waals surface area contributed by atoms with E-state index in [0.29, 0.717) is 13.0 Å². The number of carbonyl (C=O) groups excluding carboxylic acids is 1. The largest absolute Gasteiger partial charge is 0.355 e. The summed E-state index contributed by atoms with van der Waals surface area (Å²) in [4.78, 5) is 11.8. The number of piperidine rings is 1. The molecule has 0 aromatic rings. The molecule has 2 fully saturated rings. The van der Waals surface area contributed by atoms with Gasteiger partial charge < -0.3 is 10.6 Å².